The van der Waals surface area contributed by atoms with Gasteiger partial charge >= 0.3 is 0 Å². The van der Waals surface area contributed by atoms with Crippen LogP contribution in [0.4, 0.5) is 4.39 Å². The Morgan fingerprint density at radius 2 is 2.00 bits per heavy atom. The summed E-state index contributed by atoms with van der Waals surface area (Å²) in [5, 5.41) is 0. The number of allylic oxidation sites excluding steroid dienone is 2. The lowest BCUT2D eigenvalue weighted by Crippen LogP contribution is -2.32. The van der Waals surface area contributed by atoms with E-state index in [9.17, 15) is 9.18 Å². The number of carbonyl (C=O) groups is 1. The molecule has 0 N–H and O–H groups in total. The second-order valence-corrected chi connectivity index (χ2v) is 4.07. The quantitative estimate of drug-likeness (QED) is 0.745. The third-order valence-corrected chi connectivity index (χ3v) is 2.79. The number of rotatable bonds is 3. The van der Waals surface area contributed by atoms with Gasteiger partial charge in [-0.1, -0.05) is 12.2 Å². The summed E-state index contributed by atoms with van der Waals surface area (Å²) >= 11 is 0. The first-order chi connectivity index (χ1) is 8.16. The lowest BCUT2D eigenvalue weighted by atomic mass is 10.1. The van der Waals surface area contributed by atoms with Crippen molar-refractivity contribution in [2.75, 3.05) is 6.54 Å². The fraction of sp³-hybridized carbons (Fsp3) is 0.214. The lowest BCUT2D eigenvalue weighted by molar-refractivity contribution is 0.0946. The molecule has 0 saturated carbocycles. The van der Waals surface area contributed by atoms with E-state index >= 15 is 0 Å². The Bertz CT molecular complexity index is 462. The van der Waals surface area contributed by atoms with Gasteiger partial charge in [0.1, 0.15) is 5.82 Å². The molecule has 0 amide bonds. The first-order valence-corrected chi connectivity index (χ1v) is 5.56. The molecule has 0 saturated heterocycles. The monoisotopic (exact) mass is 231 g/mol. The van der Waals surface area contributed by atoms with Crippen LogP contribution in [0, 0.1) is 5.82 Å². The maximum atomic E-state index is 12.7. The molecule has 1 heterocycles. The topological polar surface area (TPSA) is 20.3 Å². The predicted molar refractivity (Wildman–Crippen MR) is 65.2 cm³/mol. The molecule has 0 aliphatic carbocycles. The van der Waals surface area contributed by atoms with Crippen LogP contribution in [0.2, 0.25) is 0 Å². The minimum Gasteiger partial charge on any atom is -0.364 e. The average molecular weight is 231 g/mol. The zero-order chi connectivity index (χ0) is 12.3. The van der Waals surface area contributed by atoms with Gasteiger partial charge in [0.25, 0.3) is 0 Å². The summed E-state index contributed by atoms with van der Waals surface area (Å²) in [6, 6.07) is 5.87. The van der Waals surface area contributed by atoms with E-state index in [1.165, 1.54) is 24.3 Å². The number of Topliss-reactive ketones (excluding diaryl/α,β-unsaturated/α-hetero) is 1. The average Bonchev–Trinajstić information content (AvgIpc) is 2.33. The number of nitrogens with zero attached hydrogens (tertiary/aromatic N) is 1. The summed E-state index contributed by atoms with van der Waals surface area (Å²) in [6.45, 7) is 2.34. The highest BCUT2D eigenvalue weighted by molar-refractivity contribution is 5.97. The van der Waals surface area contributed by atoms with Crippen molar-refractivity contribution in [2.45, 2.75) is 13.0 Å². The summed E-state index contributed by atoms with van der Waals surface area (Å²) in [5.74, 6) is -0.326. The molecule has 1 aromatic rings. The third kappa shape index (κ3) is 2.81. The normalized spacial score (nSPS) is 18.5. The zero-order valence-corrected chi connectivity index (χ0v) is 9.64. The van der Waals surface area contributed by atoms with E-state index in [2.05, 4.69) is 0 Å². The van der Waals surface area contributed by atoms with E-state index in [0.717, 1.165) is 0 Å². The van der Waals surface area contributed by atoms with Crippen LogP contribution < -0.4 is 0 Å². The van der Waals surface area contributed by atoms with Crippen LogP contribution in [0.3, 0.4) is 0 Å². The van der Waals surface area contributed by atoms with E-state index in [1.807, 2.05) is 36.3 Å². The summed E-state index contributed by atoms with van der Waals surface area (Å²) in [5.41, 5.74) is 0.543. The molecule has 0 bridgehead atoms. The maximum Gasteiger partial charge on any atom is 0.182 e. The fourth-order valence-corrected chi connectivity index (χ4v) is 1.72. The van der Waals surface area contributed by atoms with Gasteiger partial charge in [-0.15, -0.1) is 0 Å². The summed E-state index contributed by atoms with van der Waals surface area (Å²) in [4.78, 5) is 13.9. The minimum atomic E-state index is -0.323. The largest absolute Gasteiger partial charge is 0.364 e. The first kappa shape index (κ1) is 11.6. The number of ketones is 1. The molecule has 0 spiro atoms. The molecule has 1 atom stereocenters. The summed E-state index contributed by atoms with van der Waals surface area (Å²) < 4.78 is 12.7. The second-order valence-electron chi connectivity index (χ2n) is 4.07. The number of benzene rings is 1. The van der Waals surface area contributed by atoms with E-state index in [4.69, 9.17) is 0 Å². The van der Waals surface area contributed by atoms with Crippen molar-refractivity contribution >= 4 is 5.78 Å². The van der Waals surface area contributed by atoms with Gasteiger partial charge in [-0.25, -0.2) is 4.39 Å². The molecule has 0 fully saturated rings. The van der Waals surface area contributed by atoms with Gasteiger partial charge in [0.2, 0.25) is 0 Å². The smallest absolute Gasteiger partial charge is 0.182 e. The zero-order valence-electron chi connectivity index (χ0n) is 9.64. The van der Waals surface area contributed by atoms with Crippen molar-refractivity contribution in [1.82, 2.24) is 4.90 Å². The van der Waals surface area contributed by atoms with Crippen molar-refractivity contribution in [2.24, 2.45) is 0 Å². The van der Waals surface area contributed by atoms with Gasteiger partial charge in [0, 0.05) is 17.8 Å². The first-order valence-electron chi connectivity index (χ1n) is 5.56. The van der Waals surface area contributed by atoms with Crippen LogP contribution in [-0.2, 0) is 0 Å². The van der Waals surface area contributed by atoms with Crippen molar-refractivity contribution in [3.05, 3.63) is 60.1 Å². The molecular formula is C14H14FNO. The molecule has 2 nitrogen and oxygen atoms in total. The van der Waals surface area contributed by atoms with Crippen molar-refractivity contribution in [1.29, 1.82) is 0 Å². The van der Waals surface area contributed by atoms with Gasteiger partial charge in [-0.2, -0.15) is 0 Å². The summed E-state index contributed by atoms with van der Waals surface area (Å²) in [6.07, 6.45) is 7.78. The van der Waals surface area contributed by atoms with Gasteiger partial charge in [0.15, 0.2) is 5.78 Å². The Hall–Kier alpha value is -1.90. The molecule has 3 heteroatoms. The summed E-state index contributed by atoms with van der Waals surface area (Å²) in [7, 11) is 0. The second kappa shape index (κ2) is 4.95. The molecule has 1 aliphatic rings. The molecule has 0 aromatic heterocycles. The highest BCUT2D eigenvalue weighted by Crippen LogP contribution is 2.10. The standard InChI is InChI=1S/C14H14FNO/c1-11-4-2-3-9-16(11)10-14(17)12-5-7-13(15)8-6-12/h2-9,11H,10H2,1H3. The number of halogens is 1. The van der Waals surface area contributed by atoms with Crippen molar-refractivity contribution < 1.29 is 9.18 Å². The van der Waals surface area contributed by atoms with E-state index in [1.54, 1.807) is 0 Å². The Balaban J connectivity index is 2.04. The Labute approximate surface area is 100 Å². The van der Waals surface area contributed by atoms with Crippen LogP contribution in [0.25, 0.3) is 0 Å². The predicted octanol–water partition coefficient (Wildman–Crippen LogP) is 2.78. The maximum absolute atomic E-state index is 12.7. The van der Waals surface area contributed by atoms with Gasteiger partial charge in [-0.05, 0) is 37.3 Å². The van der Waals surface area contributed by atoms with Crippen LogP contribution >= 0.6 is 0 Å². The van der Waals surface area contributed by atoms with Gasteiger partial charge in [-0.3, -0.25) is 4.79 Å². The van der Waals surface area contributed by atoms with Crippen LogP contribution in [0.15, 0.2) is 48.7 Å². The Morgan fingerprint density at radius 3 is 2.65 bits per heavy atom. The van der Waals surface area contributed by atoms with Crippen LogP contribution in [0.1, 0.15) is 17.3 Å². The molecule has 1 aromatic carbocycles. The Kier molecular flexibility index (Phi) is 3.38. The van der Waals surface area contributed by atoms with Crippen molar-refractivity contribution in [3.63, 3.8) is 0 Å². The van der Waals surface area contributed by atoms with Gasteiger partial charge < -0.3 is 4.90 Å². The molecule has 0 radical (unpaired) electrons. The third-order valence-electron chi connectivity index (χ3n) is 2.79. The molecule has 17 heavy (non-hydrogen) atoms. The molecule has 1 aliphatic heterocycles. The van der Waals surface area contributed by atoms with E-state index < -0.39 is 0 Å². The van der Waals surface area contributed by atoms with E-state index in [0.29, 0.717) is 12.1 Å². The van der Waals surface area contributed by atoms with Crippen LogP contribution in [0.5, 0.6) is 0 Å². The molecule has 2 rings (SSSR count). The Morgan fingerprint density at radius 1 is 1.29 bits per heavy atom. The molecule has 88 valence electrons. The molecule has 1 unspecified atom stereocenters. The number of hydrogen-bond acceptors (Lipinski definition) is 2. The lowest BCUT2D eigenvalue weighted by Gasteiger charge is -2.26. The van der Waals surface area contributed by atoms with Crippen molar-refractivity contribution in [3.8, 4) is 0 Å². The highest BCUT2D eigenvalue weighted by atomic mass is 19.1. The number of carbonyl (C=O) groups excluding carboxylic acids is 1. The van der Waals surface area contributed by atoms with Gasteiger partial charge in [0.05, 0.1) is 6.54 Å². The number of hydrogen-bond donors (Lipinski definition) is 0. The SMILES string of the molecule is CC1C=CC=CN1CC(=O)c1ccc(F)cc1. The molecular weight excluding hydrogens is 217 g/mol. The highest BCUT2D eigenvalue weighted by Gasteiger charge is 2.14. The fourth-order valence-electron chi connectivity index (χ4n) is 1.72. The minimum absolute atomic E-state index is 0.00296. The van der Waals surface area contributed by atoms with Crippen LogP contribution in [-0.4, -0.2) is 23.3 Å². The van der Waals surface area contributed by atoms with E-state index in [-0.39, 0.29) is 17.6 Å².